The number of nitrogens with zero attached hydrogens (tertiary/aromatic N) is 4. The van der Waals surface area contributed by atoms with Crippen LogP contribution in [0.2, 0.25) is 0 Å². The molecule has 2 aromatic heterocycles. The first-order valence-corrected chi connectivity index (χ1v) is 10.6. The summed E-state index contributed by atoms with van der Waals surface area (Å²) in [5, 5.41) is 12.1. The molecule has 0 saturated carbocycles. The number of imidazole rings is 1. The molecule has 0 aromatic carbocycles. The van der Waals surface area contributed by atoms with Gasteiger partial charge in [-0.2, -0.15) is 0 Å². The lowest BCUT2D eigenvalue weighted by atomic mass is 10.1. The molecule has 0 unspecified atom stereocenters. The van der Waals surface area contributed by atoms with Crippen molar-refractivity contribution in [3.8, 4) is 0 Å². The Morgan fingerprint density at radius 2 is 2.12 bits per heavy atom. The Bertz CT molecular complexity index is 1010. The number of carbonyl (C=O) groups is 2. The van der Waals surface area contributed by atoms with E-state index in [9.17, 15) is 9.59 Å². The fraction of sp³-hybridized carbons (Fsp3) is 0.429. The van der Waals surface area contributed by atoms with Crippen molar-refractivity contribution < 1.29 is 14.4 Å². The third-order valence-electron chi connectivity index (χ3n) is 4.77. The van der Waals surface area contributed by atoms with Crippen LogP contribution >= 0.6 is 0 Å². The molecule has 11 nitrogen and oxygen atoms in total. The van der Waals surface area contributed by atoms with Crippen LogP contribution in [0.4, 0.5) is 11.5 Å². The number of hydrogen-bond donors (Lipinski definition) is 4. The maximum atomic E-state index is 12.5. The maximum Gasteiger partial charge on any atom is 0.272 e. The maximum absolute atomic E-state index is 12.5. The van der Waals surface area contributed by atoms with E-state index in [2.05, 4.69) is 54.5 Å². The molecule has 4 N–H and O–H groups in total. The number of fused-ring (bicyclic) bond motifs is 1. The van der Waals surface area contributed by atoms with E-state index < -0.39 is 5.91 Å². The topological polar surface area (TPSA) is 146 Å². The molecule has 170 valence electrons. The lowest BCUT2D eigenvalue weighted by Crippen LogP contribution is -2.33. The standard InChI is InChI=1S/C21H28N8O3/c1-4-5-6-7-8-15-10-23-19(27-15)14(3)29-32-13(2)9-24-21(31)18-17-20(26-12-25-18)28-16(30)11-22-17/h10,12,22H,2,4-9,11H2,1,3H3,(H,23,27)(H,24,31)(H,25,26,28,30)/b29-14+. The molecule has 0 radical (unpaired) electrons. The van der Waals surface area contributed by atoms with Gasteiger partial charge in [0.25, 0.3) is 5.91 Å². The van der Waals surface area contributed by atoms with Crippen LogP contribution in [0, 0.1) is 0 Å². The number of anilines is 2. The van der Waals surface area contributed by atoms with Gasteiger partial charge < -0.3 is 25.8 Å². The van der Waals surface area contributed by atoms with Crippen molar-refractivity contribution in [1.29, 1.82) is 0 Å². The second-order valence-corrected chi connectivity index (χ2v) is 7.40. The van der Waals surface area contributed by atoms with Gasteiger partial charge in [0.05, 0.1) is 13.1 Å². The summed E-state index contributed by atoms with van der Waals surface area (Å²) in [5.41, 5.74) is 2.12. The fourth-order valence-electron chi connectivity index (χ4n) is 3.05. The van der Waals surface area contributed by atoms with Gasteiger partial charge in [0, 0.05) is 11.9 Å². The van der Waals surface area contributed by atoms with Gasteiger partial charge in [0.1, 0.15) is 23.5 Å². The zero-order chi connectivity index (χ0) is 22.9. The molecule has 1 aliphatic rings. The van der Waals surface area contributed by atoms with Crippen LogP contribution in [0.1, 0.15) is 61.5 Å². The van der Waals surface area contributed by atoms with Crippen LogP contribution in [-0.4, -0.2) is 50.6 Å². The molecule has 3 heterocycles. The van der Waals surface area contributed by atoms with Gasteiger partial charge in [-0.1, -0.05) is 37.9 Å². The lowest BCUT2D eigenvalue weighted by Gasteiger charge is -2.19. The Hall–Kier alpha value is -3.76. The number of amides is 2. The summed E-state index contributed by atoms with van der Waals surface area (Å²) < 4.78 is 0. The molecule has 2 amide bonds. The molecule has 0 bridgehead atoms. The molecule has 1 aliphatic heterocycles. The molecule has 3 rings (SSSR count). The quantitative estimate of drug-likeness (QED) is 0.182. The number of aromatic nitrogens is 4. The number of aromatic amines is 1. The van der Waals surface area contributed by atoms with E-state index in [1.807, 2.05) is 6.20 Å². The van der Waals surface area contributed by atoms with Crippen molar-refractivity contribution in [3.05, 3.63) is 42.1 Å². The number of unbranched alkanes of at least 4 members (excludes halogenated alkanes) is 3. The Kier molecular flexibility index (Phi) is 7.90. The van der Waals surface area contributed by atoms with E-state index in [-0.39, 0.29) is 36.3 Å². The first-order chi connectivity index (χ1) is 15.5. The first kappa shape index (κ1) is 22.9. The van der Waals surface area contributed by atoms with Crippen molar-refractivity contribution in [1.82, 2.24) is 25.3 Å². The van der Waals surface area contributed by atoms with Crippen molar-refractivity contribution in [3.63, 3.8) is 0 Å². The van der Waals surface area contributed by atoms with Crippen LogP contribution in [0.25, 0.3) is 0 Å². The highest BCUT2D eigenvalue weighted by Gasteiger charge is 2.23. The van der Waals surface area contributed by atoms with Crippen LogP contribution in [-0.2, 0) is 16.1 Å². The Morgan fingerprint density at radius 1 is 1.28 bits per heavy atom. The second kappa shape index (κ2) is 11.0. The van der Waals surface area contributed by atoms with Crippen LogP contribution < -0.4 is 16.0 Å². The molecule has 0 fully saturated rings. The molecule has 0 saturated heterocycles. The third-order valence-corrected chi connectivity index (χ3v) is 4.77. The van der Waals surface area contributed by atoms with Crippen molar-refractivity contribution >= 4 is 29.0 Å². The highest BCUT2D eigenvalue weighted by Crippen LogP contribution is 2.24. The van der Waals surface area contributed by atoms with Gasteiger partial charge in [-0.15, -0.1) is 0 Å². The van der Waals surface area contributed by atoms with Crippen molar-refractivity contribution in [2.75, 3.05) is 23.7 Å². The molecule has 0 spiro atoms. The zero-order valence-electron chi connectivity index (χ0n) is 18.3. The Labute approximate surface area is 186 Å². The van der Waals surface area contributed by atoms with E-state index in [1.165, 1.54) is 25.6 Å². The summed E-state index contributed by atoms with van der Waals surface area (Å²) in [7, 11) is 0. The monoisotopic (exact) mass is 440 g/mol. The van der Waals surface area contributed by atoms with Gasteiger partial charge in [-0.3, -0.25) is 9.59 Å². The molecule has 2 aromatic rings. The van der Waals surface area contributed by atoms with E-state index in [1.54, 1.807) is 6.92 Å². The normalized spacial score (nSPS) is 13.1. The van der Waals surface area contributed by atoms with Crippen molar-refractivity contribution in [2.45, 2.75) is 46.0 Å². The molecular formula is C21H28N8O3. The smallest absolute Gasteiger partial charge is 0.272 e. The van der Waals surface area contributed by atoms with E-state index >= 15 is 0 Å². The summed E-state index contributed by atoms with van der Waals surface area (Å²) >= 11 is 0. The molecule has 11 heteroatoms. The van der Waals surface area contributed by atoms with Gasteiger partial charge >= 0.3 is 0 Å². The SMILES string of the molecule is C=C(CNC(=O)c1ncnc2c1NCC(=O)N2)O/N=C(\C)c1ncc(CCCCCC)[nH]1. The predicted molar refractivity (Wildman–Crippen MR) is 120 cm³/mol. The molecule has 0 aliphatic carbocycles. The number of nitrogens with one attached hydrogen (secondary N) is 4. The molecule has 0 atom stereocenters. The predicted octanol–water partition coefficient (Wildman–Crippen LogP) is 2.37. The van der Waals surface area contributed by atoms with E-state index in [4.69, 9.17) is 4.84 Å². The van der Waals surface area contributed by atoms with Gasteiger partial charge in [-0.25, -0.2) is 15.0 Å². The highest BCUT2D eigenvalue weighted by molar-refractivity contribution is 6.06. The third kappa shape index (κ3) is 6.13. The number of hydrogen-bond acceptors (Lipinski definition) is 8. The lowest BCUT2D eigenvalue weighted by molar-refractivity contribution is -0.114. The van der Waals surface area contributed by atoms with Crippen LogP contribution in [0.3, 0.4) is 0 Å². The van der Waals surface area contributed by atoms with Gasteiger partial charge in [0.2, 0.25) is 5.91 Å². The van der Waals surface area contributed by atoms with E-state index in [0.717, 1.165) is 18.5 Å². The van der Waals surface area contributed by atoms with Crippen LogP contribution in [0.15, 0.2) is 30.0 Å². The zero-order valence-corrected chi connectivity index (χ0v) is 18.3. The summed E-state index contributed by atoms with van der Waals surface area (Å²) in [4.78, 5) is 44.8. The Morgan fingerprint density at radius 3 is 2.94 bits per heavy atom. The number of oxime groups is 1. The summed E-state index contributed by atoms with van der Waals surface area (Å²) in [5.74, 6) is 0.440. The minimum Gasteiger partial charge on any atom is -0.371 e. The average Bonchev–Trinajstić information content (AvgIpc) is 3.27. The second-order valence-electron chi connectivity index (χ2n) is 7.40. The number of rotatable bonds is 11. The summed E-state index contributed by atoms with van der Waals surface area (Å²) in [6, 6.07) is 0. The number of aryl methyl sites for hydroxylation is 1. The minimum absolute atomic E-state index is 0.0293. The molecule has 32 heavy (non-hydrogen) atoms. The first-order valence-electron chi connectivity index (χ1n) is 10.6. The Balaban J connectivity index is 1.48. The number of carbonyl (C=O) groups excluding carboxylic acids is 2. The van der Waals surface area contributed by atoms with Gasteiger partial charge in [-0.05, 0) is 19.8 Å². The number of H-pyrrole nitrogens is 1. The highest BCUT2D eigenvalue weighted by atomic mass is 16.6. The summed E-state index contributed by atoms with van der Waals surface area (Å²) in [6.07, 6.45) is 8.74. The van der Waals surface area contributed by atoms with E-state index in [0.29, 0.717) is 17.2 Å². The van der Waals surface area contributed by atoms with Gasteiger partial charge in [0.15, 0.2) is 17.3 Å². The average molecular weight is 441 g/mol. The molecular weight excluding hydrogens is 412 g/mol. The van der Waals surface area contributed by atoms with Crippen molar-refractivity contribution in [2.24, 2.45) is 5.16 Å². The van der Waals surface area contributed by atoms with Crippen LogP contribution in [0.5, 0.6) is 0 Å². The largest absolute Gasteiger partial charge is 0.371 e. The summed E-state index contributed by atoms with van der Waals surface area (Å²) in [6.45, 7) is 7.80. The minimum atomic E-state index is -0.462. The fourth-order valence-corrected chi connectivity index (χ4v) is 3.05.